The lowest BCUT2D eigenvalue weighted by atomic mass is 9.96. The van der Waals surface area contributed by atoms with Gasteiger partial charge in [-0.05, 0) is 76.8 Å². The molecule has 2 aromatic carbocycles. The van der Waals surface area contributed by atoms with Gasteiger partial charge in [-0.3, -0.25) is 9.69 Å². The molecule has 1 heterocycles. The van der Waals surface area contributed by atoms with E-state index in [0.29, 0.717) is 36.7 Å². The van der Waals surface area contributed by atoms with Crippen LogP contribution in [0.25, 0.3) is 0 Å². The fraction of sp³-hybridized carbons (Fsp3) is 0.611. The van der Waals surface area contributed by atoms with Crippen LogP contribution in [0.15, 0.2) is 48.5 Å². The summed E-state index contributed by atoms with van der Waals surface area (Å²) in [5, 5.41) is 16.3. The van der Waals surface area contributed by atoms with E-state index in [1.165, 1.54) is 12.0 Å². The van der Waals surface area contributed by atoms with Gasteiger partial charge in [0.2, 0.25) is 0 Å². The number of aliphatic hydroxyl groups excluding tert-OH is 1. The summed E-state index contributed by atoms with van der Waals surface area (Å²) >= 11 is 0. The molecule has 1 saturated carbocycles. The SMILES string of the molecule is C[C@H](CO)N1C[C@H](C)[C@@H](CN(C)Cc2ccccc2)OCCCC[C@H](C)Oc2ccc(NC(=O)NC3CCCCC3)cc2C1=O. The Morgan fingerprint density at radius 3 is 2.51 bits per heavy atom. The van der Waals surface area contributed by atoms with Gasteiger partial charge in [-0.25, -0.2) is 4.79 Å². The monoisotopic (exact) mass is 622 g/mol. The maximum atomic E-state index is 14.3. The number of aliphatic hydroxyl groups is 1. The topological polar surface area (TPSA) is 103 Å². The molecule has 0 aromatic heterocycles. The third-order valence-electron chi connectivity index (χ3n) is 9.04. The van der Waals surface area contributed by atoms with Crippen LogP contribution < -0.4 is 15.4 Å². The molecule has 0 spiro atoms. The summed E-state index contributed by atoms with van der Waals surface area (Å²) in [6, 6.07) is 15.1. The Labute approximate surface area is 269 Å². The smallest absolute Gasteiger partial charge is 0.319 e. The maximum Gasteiger partial charge on any atom is 0.319 e. The minimum Gasteiger partial charge on any atom is -0.490 e. The van der Waals surface area contributed by atoms with Crippen LogP contribution in [0.1, 0.15) is 88.1 Å². The molecule has 2 aliphatic rings. The van der Waals surface area contributed by atoms with Crippen LogP contribution in [-0.4, -0.2) is 84.5 Å². The van der Waals surface area contributed by atoms with Crippen LogP contribution >= 0.6 is 0 Å². The van der Waals surface area contributed by atoms with E-state index in [1.54, 1.807) is 23.1 Å². The summed E-state index contributed by atoms with van der Waals surface area (Å²) in [7, 11) is 2.10. The highest BCUT2D eigenvalue weighted by Gasteiger charge is 2.30. The Balaban J connectivity index is 1.56. The Bertz CT molecular complexity index is 1210. The average Bonchev–Trinajstić information content (AvgIpc) is 3.03. The highest BCUT2D eigenvalue weighted by molar-refractivity contribution is 5.99. The first-order valence-electron chi connectivity index (χ1n) is 16.9. The van der Waals surface area contributed by atoms with E-state index in [-0.39, 0.29) is 42.7 Å². The zero-order chi connectivity index (χ0) is 32.2. The quantitative estimate of drug-likeness (QED) is 0.330. The number of nitrogens with zero attached hydrogens (tertiary/aromatic N) is 2. The van der Waals surface area contributed by atoms with Gasteiger partial charge in [-0.2, -0.15) is 0 Å². The normalized spacial score (nSPS) is 23.0. The van der Waals surface area contributed by atoms with E-state index in [0.717, 1.165) is 51.5 Å². The molecule has 4 rings (SSSR count). The molecule has 1 aliphatic heterocycles. The number of rotatable bonds is 8. The summed E-state index contributed by atoms with van der Waals surface area (Å²) in [6.07, 6.45) is 7.91. The number of carbonyl (C=O) groups is 2. The highest BCUT2D eigenvalue weighted by atomic mass is 16.5. The van der Waals surface area contributed by atoms with Crippen molar-refractivity contribution in [2.24, 2.45) is 5.92 Å². The predicted molar refractivity (Wildman–Crippen MR) is 179 cm³/mol. The van der Waals surface area contributed by atoms with Crippen LogP contribution in [0.4, 0.5) is 10.5 Å². The number of carbonyl (C=O) groups excluding carboxylic acids is 2. The molecule has 2 aromatic rings. The van der Waals surface area contributed by atoms with Crippen molar-refractivity contribution in [2.45, 2.75) is 103 Å². The Kier molecular flexibility index (Phi) is 13.5. The summed E-state index contributed by atoms with van der Waals surface area (Å²) < 4.78 is 12.8. The van der Waals surface area contributed by atoms with E-state index in [1.807, 2.05) is 19.9 Å². The Morgan fingerprint density at radius 1 is 1.04 bits per heavy atom. The lowest BCUT2D eigenvalue weighted by Crippen LogP contribution is -2.47. The number of fused-ring (bicyclic) bond motifs is 1. The van der Waals surface area contributed by atoms with Crippen molar-refractivity contribution >= 4 is 17.6 Å². The van der Waals surface area contributed by atoms with Gasteiger partial charge >= 0.3 is 6.03 Å². The van der Waals surface area contributed by atoms with Gasteiger partial charge in [0.25, 0.3) is 5.91 Å². The number of hydrogen-bond acceptors (Lipinski definition) is 6. The van der Waals surface area contributed by atoms with Crippen molar-refractivity contribution in [2.75, 3.05) is 38.7 Å². The van der Waals surface area contributed by atoms with Gasteiger partial charge in [0.05, 0.1) is 30.4 Å². The zero-order valence-corrected chi connectivity index (χ0v) is 27.7. The van der Waals surface area contributed by atoms with Crippen molar-refractivity contribution < 1.29 is 24.2 Å². The molecular weight excluding hydrogens is 568 g/mol. The average molecular weight is 623 g/mol. The van der Waals surface area contributed by atoms with Crippen molar-refractivity contribution in [3.8, 4) is 5.75 Å². The second kappa shape index (κ2) is 17.5. The highest BCUT2D eigenvalue weighted by Crippen LogP contribution is 2.29. The summed E-state index contributed by atoms with van der Waals surface area (Å²) in [5.41, 5.74) is 2.14. The van der Waals surface area contributed by atoms with Gasteiger partial charge in [-0.1, -0.05) is 56.5 Å². The predicted octanol–water partition coefficient (Wildman–Crippen LogP) is 6.07. The number of ether oxygens (including phenoxy) is 2. The molecule has 9 nitrogen and oxygen atoms in total. The minimum atomic E-state index is -0.424. The van der Waals surface area contributed by atoms with Crippen LogP contribution in [0.5, 0.6) is 5.75 Å². The third kappa shape index (κ3) is 10.7. The second-order valence-corrected chi connectivity index (χ2v) is 13.1. The van der Waals surface area contributed by atoms with Crippen molar-refractivity contribution in [1.82, 2.24) is 15.1 Å². The number of hydrogen-bond donors (Lipinski definition) is 3. The lowest BCUT2D eigenvalue weighted by molar-refractivity contribution is -0.0177. The molecule has 1 fully saturated rings. The molecule has 0 unspecified atom stereocenters. The molecule has 9 heteroatoms. The van der Waals surface area contributed by atoms with E-state index < -0.39 is 6.04 Å². The second-order valence-electron chi connectivity index (χ2n) is 13.1. The molecule has 4 atom stereocenters. The van der Waals surface area contributed by atoms with Gasteiger partial charge in [0, 0.05) is 43.9 Å². The van der Waals surface area contributed by atoms with Gasteiger partial charge in [-0.15, -0.1) is 0 Å². The Hall–Kier alpha value is -3.14. The number of anilines is 1. The largest absolute Gasteiger partial charge is 0.490 e. The van der Waals surface area contributed by atoms with Crippen LogP contribution in [0, 0.1) is 5.92 Å². The van der Waals surface area contributed by atoms with Crippen molar-refractivity contribution in [3.05, 3.63) is 59.7 Å². The molecule has 1 aliphatic carbocycles. The van der Waals surface area contributed by atoms with Gasteiger partial charge in [0.1, 0.15) is 5.75 Å². The summed E-state index contributed by atoms with van der Waals surface area (Å²) in [5.74, 6) is 0.242. The first-order chi connectivity index (χ1) is 21.7. The molecule has 0 bridgehead atoms. The summed E-state index contributed by atoms with van der Waals surface area (Å²) in [6.45, 7) is 8.37. The van der Waals surface area contributed by atoms with Crippen LogP contribution in [0.2, 0.25) is 0 Å². The molecular formula is C36H54N4O5. The Morgan fingerprint density at radius 2 is 1.78 bits per heavy atom. The van der Waals surface area contributed by atoms with Gasteiger partial charge in [0.15, 0.2) is 0 Å². The zero-order valence-electron chi connectivity index (χ0n) is 27.7. The van der Waals surface area contributed by atoms with Crippen molar-refractivity contribution in [3.63, 3.8) is 0 Å². The fourth-order valence-electron chi connectivity index (χ4n) is 6.33. The van der Waals surface area contributed by atoms with E-state index in [2.05, 4.69) is 53.8 Å². The lowest BCUT2D eigenvalue weighted by Gasteiger charge is -2.36. The minimum absolute atomic E-state index is 0.00464. The number of urea groups is 1. The molecule has 3 amide bonds. The number of nitrogens with one attached hydrogen (secondary N) is 2. The first kappa shape index (κ1) is 34.7. The third-order valence-corrected chi connectivity index (χ3v) is 9.04. The molecule has 0 saturated heterocycles. The molecule has 0 radical (unpaired) electrons. The van der Waals surface area contributed by atoms with E-state index in [9.17, 15) is 14.7 Å². The molecule has 248 valence electrons. The standard InChI is InChI=1S/C36H54N4O5/c1-26-22-40(27(2)25-41)35(42)32-21-31(38-36(43)37-30-16-9-6-10-17-30)18-19-33(32)45-28(3)13-11-12-20-44-34(26)24-39(4)23-29-14-7-5-8-15-29/h5,7-8,14-15,18-19,21,26-28,30,34,41H,6,9-13,16-17,20,22-25H2,1-4H3,(H2,37,38,43)/t26-,27+,28-,34+/m0/s1. The van der Waals surface area contributed by atoms with Crippen LogP contribution in [0.3, 0.4) is 0 Å². The fourth-order valence-corrected chi connectivity index (χ4v) is 6.33. The maximum absolute atomic E-state index is 14.3. The van der Waals surface area contributed by atoms with Crippen LogP contribution in [-0.2, 0) is 11.3 Å². The number of benzene rings is 2. The van der Waals surface area contributed by atoms with E-state index >= 15 is 0 Å². The number of amides is 3. The molecule has 45 heavy (non-hydrogen) atoms. The summed E-state index contributed by atoms with van der Waals surface area (Å²) in [4.78, 5) is 31.2. The molecule has 3 N–H and O–H groups in total. The number of likely N-dealkylation sites (N-methyl/N-ethyl adjacent to an activating group) is 1. The van der Waals surface area contributed by atoms with Crippen molar-refractivity contribution in [1.29, 1.82) is 0 Å². The first-order valence-corrected chi connectivity index (χ1v) is 16.9. The van der Waals surface area contributed by atoms with Gasteiger partial charge < -0.3 is 30.1 Å². The van der Waals surface area contributed by atoms with E-state index in [4.69, 9.17) is 9.47 Å².